The zero-order valence-electron chi connectivity index (χ0n) is 9.80. The molecule has 0 bridgehead atoms. The lowest BCUT2D eigenvalue weighted by atomic mass is 9.74. The zero-order valence-corrected chi connectivity index (χ0v) is 9.80. The van der Waals surface area contributed by atoms with Crippen LogP contribution in [0.1, 0.15) is 44.9 Å². The fourth-order valence-corrected chi connectivity index (χ4v) is 2.44. The molecule has 1 aliphatic carbocycles. The van der Waals surface area contributed by atoms with Gasteiger partial charge in [-0.05, 0) is 38.8 Å². The Kier molecular flexibility index (Phi) is 6.22. The van der Waals surface area contributed by atoms with Gasteiger partial charge in [-0.25, -0.2) is 0 Å². The Hall–Kier alpha value is -0.120. The maximum Gasteiger partial charge on any atom is 0.0499 e. The number of hydrogen-bond donors (Lipinski definition) is 3. The van der Waals surface area contributed by atoms with E-state index < -0.39 is 0 Å². The highest BCUT2D eigenvalue weighted by molar-refractivity contribution is 4.84. The van der Waals surface area contributed by atoms with Gasteiger partial charge in [0.1, 0.15) is 0 Å². The maximum atomic E-state index is 9.48. The molecule has 0 aliphatic heterocycles. The summed E-state index contributed by atoms with van der Waals surface area (Å²) in [4.78, 5) is 0. The summed E-state index contributed by atoms with van der Waals surface area (Å²) in [6.07, 6.45) is 8.53. The van der Waals surface area contributed by atoms with Crippen LogP contribution in [0.4, 0.5) is 0 Å². The van der Waals surface area contributed by atoms with Crippen molar-refractivity contribution < 1.29 is 5.11 Å². The fourth-order valence-electron chi connectivity index (χ4n) is 2.44. The zero-order chi connectivity index (χ0) is 11.0. The average Bonchev–Trinajstić information content (AvgIpc) is 2.30. The third kappa shape index (κ3) is 4.49. The number of rotatable bonds is 7. The van der Waals surface area contributed by atoms with Crippen LogP contribution in [0.2, 0.25) is 0 Å². The van der Waals surface area contributed by atoms with Crippen LogP contribution in [0.15, 0.2) is 0 Å². The topological polar surface area (TPSA) is 58.3 Å². The summed E-state index contributed by atoms with van der Waals surface area (Å²) >= 11 is 0. The van der Waals surface area contributed by atoms with Gasteiger partial charge in [0, 0.05) is 18.6 Å². The summed E-state index contributed by atoms with van der Waals surface area (Å²) in [5.74, 6) is 0. The van der Waals surface area contributed by atoms with E-state index in [-0.39, 0.29) is 5.41 Å². The molecule has 0 aromatic carbocycles. The van der Waals surface area contributed by atoms with E-state index in [2.05, 4.69) is 5.32 Å². The predicted octanol–water partition coefficient (Wildman–Crippen LogP) is 1.26. The third-order valence-corrected chi connectivity index (χ3v) is 3.56. The van der Waals surface area contributed by atoms with Gasteiger partial charge in [0.2, 0.25) is 0 Å². The Morgan fingerprint density at radius 3 is 2.47 bits per heavy atom. The van der Waals surface area contributed by atoms with Crippen LogP contribution >= 0.6 is 0 Å². The molecule has 0 spiro atoms. The summed E-state index contributed by atoms with van der Waals surface area (Å²) in [5, 5.41) is 13.0. The van der Waals surface area contributed by atoms with Crippen molar-refractivity contribution >= 4 is 0 Å². The molecule has 1 rings (SSSR count). The van der Waals surface area contributed by atoms with Crippen LogP contribution in [0.5, 0.6) is 0 Å². The number of aliphatic hydroxyl groups excluding tert-OH is 1. The van der Waals surface area contributed by atoms with Gasteiger partial charge in [-0.15, -0.1) is 0 Å². The minimum atomic E-state index is 0.182. The fraction of sp³-hybridized carbons (Fsp3) is 1.00. The van der Waals surface area contributed by atoms with Crippen LogP contribution < -0.4 is 11.1 Å². The molecule has 1 saturated carbocycles. The van der Waals surface area contributed by atoms with Crippen LogP contribution in [0, 0.1) is 5.41 Å². The first kappa shape index (κ1) is 12.9. The molecule has 0 saturated heterocycles. The molecule has 90 valence electrons. The van der Waals surface area contributed by atoms with Gasteiger partial charge in [-0.3, -0.25) is 0 Å². The second-order valence-electron chi connectivity index (χ2n) is 4.89. The van der Waals surface area contributed by atoms with E-state index in [0.29, 0.717) is 6.61 Å². The standard InChI is InChI=1S/C12H26N2O/c13-8-4-5-9-14-10-12(11-15)6-2-1-3-7-12/h14-15H,1-11,13H2. The van der Waals surface area contributed by atoms with Gasteiger partial charge in [-0.2, -0.15) is 0 Å². The molecule has 4 N–H and O–H groups in total. The first-order valence-electron chi connectivity index (χ1n) is 6.35. The Morgan fingerprint density at radius 2 is 1.87 bits per heavy atom. The van der Waals surface area contributed by atoms with Crippen molar-refractivity contribution in [1.82, 2.24) is 5.32 Å². The largest absolute Gasteiger partial charge is 0.396 e. The van der Waals surface area contributed by atoms with Gasteiger partial charge in [0.25, 0.3) is 0 Å². The monoisotopic (exact) mass is 214 g/mol. The van der Waals surface area contributed by atoms with Crippen molar-refractivity contribution in [3.63, 3.8) is 0 Å². The minimum Gasteiger partial charge on any atom is -0.396 e. The second kappa shape index (κ2) is 7.20. The molecule has 0 amide bonds. The highest BCUT2D eigenvalue weighted by atomic mass is 16.3. The summed E-state index contributed by atoms with van der Waals surface area (Å²) in [7, 11) is 0. The Morgan fingerprint density at radius 1 is 1.13 bits per heavy atom. The summed E-state index contributed by atoms with van der Waals surface area (Å²) in [5.41, 5.74) is 5.62. The summed E-state index contributed by atoms with van der Waals surface area (Å²) in [6, 6.07) is 0. The number of unbranched alkanes of at least 4 members (excludes halogenated alkanes) is 1. The molecule has 1 fully saturated rings. The summed E-state index contributed by atoms with van der Waals surface area (Å²) in [6.45, 7) is 3.15. The van der Waals surface area contributed by atoms with Crippen molar-refractivity contribution in [2.45, 2.75) is 44.9 Å². The molecule has 3 heteroatoms. The van der Waals surface area contributed by atoms with Crippen LogP contribution in [0.3, 0.4) is 0 Å². The highest BCUT2D eigenvalue weighted by Crippen LogP contribution is 2.35. The third-order valence-electron chi connectivity index (χ3n) is 3.56. The first-order chi connectivity index (χ1) is 7.33. The molecule has 0 heterocycles. The Balaban J connectivity index is 2.15. The van der Waals surface area contributed by atoms with E-state index in [0.717, 1.165) is 32.5 Å². The van der Waals surface area contributed by atoms with Gasteiger partial charge in [-0.1, -0.05) is 19.3 Å². The van der Waals surface area contributed by atoms with Crippen LogP contribution in [0.25, 0.3) is 0 Å². The van der Waals surface area contributed by atoms with Gasteiger partial charge >= 0.3 is 0 Å². The number of nitrogens with one attached hydrogen (secondary N) is 1. The highest BCUT2D eigenvalue weighted by Gasteiger charge is 2.30. The van der Waals surface area contributed by atoms with Crippen molar-refractivity contribution in [3.05, 3.63) is 0 Å². The van der Waals surface area contributed by atoms with E-state index in [9.17, 15) is 5.11 Å². The molecule has 0 aromatic rings. The lowest BCUT2D eigenvalue weighted by molar-refractivity contribution is 0.0814. The Labute approximate surface area is 93.4 Å². The number of nitrogens with two attached hydrogens (primary N) is 1. The minimum absolute atomic E-state index is 0.182. The van der Waals surface area contributed by atoms with Gasteiger partial charge in [0.15, 0.2) is 0 Å². The molecule has 3 nitrogen and oxygen atoms in total. The molecule has 0 aromatic heterocycles. The van der Waals surface area contributed by atoms with Crippen molar-refractivity contribution in [3.8, 4) is 0 Å². The van der Waals surface area contributed by atoms with Crippen molar-refractivity contribution in [2.75, 3.05) is 26.2 Å². The average molecular weight is 214 g/mol. The van der Waals surface area contributed by atoms with Crippen molar-refractivity contribution in [2.24, 2.45) is 11.1 Å². The number of aliphatic hydroxyl groups is 1. The predicted molar refractivity (Wildman–Crippen MR) is 63.8 cm³/mol. The van der Waals surface area contributed by atoms with E-state index >= 15 is 0 Å². The van der Waals surface area contributed by atoms with E-state index in [4.69, 9.17) is 5.73 Å². The van der Waals surface area contributed by atoms with E-state index in [1.165, 1.54) is 32.1 Å². The number of hydrogen-bond acceptors (Lipinski definition) is 3. The van der Waals surface area contributed by atoms with Crippen LogP contribution in [-0.2, 0) is 0 Å². The molecular weight excluding hydrogens is 188 g/mol. The molecule has 0 radical (unpaired) electrons. The van der Waals surface area contributed by atoms with E-state index in [1.54, 1.807) is 0 Å². The normalized spacial score (nSPS) is 20.4. The lowest BCUT2D eigenvalue weighted by Gasteiger charge is -2.35. The maximum absolute atomic E-state index is 9.48. The van der Waals surface area contributed by atoms with Crippen molar-refractivity contribution in [1.29, 1.82) is 0 Å². The molecule has 15 heavy (non-hydrogen) atoms. The molecule has 0 unspecified atom stereocenters. The quantitative estimate of drug-likeness (QED) is 0.559. The molecule has 1 aliphatic rings. The second-order valence-corrected chi connectivity index (χ2v) is 4.89. The van der Waals surface area contributed by atoms with E-state index in [1.807, 2.05) is 0 Å². The summed E-state index contributed by atoms with van der Waals surface area (Å²) < 4.78 is 0. The first-order valence-corrected chi connectivity index (χ1v) is 6.35. The Bertz CT molecular complexity index is 156. The van der Waals surface area contributed by atoms with Gasteiger partial charge in [0.05, 0.1) is 0 Å². The lowest BCUT2D eigenvalue weighted by Crippen LogP contribution is -2.39. The molecular formula is C12H26N2O. The van der Waals surface area contributed by atoms with Gasteiger partial charge < -0.3 is 16.2 Å². The SMILES string of the molecule is NCCCCNCC1(CO)CCCCC1. The smallest absolute Gasteiger partial charge is 0.0499 e. The van der Waals surface area contributed by atoms with Crippen LogP contribution in [-0.4, -0.2) is 31.3 Å². The molecule has 0 atom stereocenters.